The number of halogens is 2. The first-order valence-corrected chi connectivity index (χ1v) is 8.05. The summed E-state index contributed by atoms with van der Waals surface area (Å²) >= 11 is 5.85. The second-order valence-electron chi connectivity index (χ2n) is 4.73. The quantitative estimate of drug-likeness (QED) is 0.260. The van der Waals surface area contributed by atoms with E-state index in [0.717, 1.165) is 31.4 Å². The Labute approximate surface area is 161 Å². The predicted molar refractivity (Wildman–Crippen MR) is 107 cm³/mol. The summed E-state index contributed by atoms with van der Waals surface area (Å²) in [4.78, 5) is 4.51. The van der Waals surface area contributed by atoms with Gasteiger partial charge in [0, 0.05) is 24.7 Å². The second-order valence-corrected chi connectivity index (χ2v) is 5.16. The summed E-state index contributed by atoms with van der Waals surface area (Å²) in [6, 6.07) is 7.33. The Kier molecular flexibility index (Phi) is 13.3. The Balaban J connectivity index is 0.00000484. The van der Waals surface area contributed by atoms with Crippen molar-refractivity contribution in [2.75, 3.05) is 32.8 Å². The highest BCUT2D eigenvalue weighted by Crippen LogP contribution is 2.16. The summed E-state index contributed by atoms with van der Waals surface area (Å²) in [5, 5.41) is 7.12. The van der Waals surface area contributed by atoms with E-state index in [2.05, 4.69) is 15.6 Å². The molecule has 0 saturated heterocycles. The summed E-state index contributed by atoms with van der Waals surface area (Å²) in [6.45, 7) is 9.50. The van der Waals surface area contributed by atoms with Gasteiger partial charge in [-0.2, -0.15) is 0 Å². The van der Waals surface area contributed by atoms with Gasteiger partial charge in [0.05, 0.1) is 13.2 Å². The normalized spacial score (nSPS) is 12.3. The van der Waals surface area contributed by atoms with Crippen molar-refractivity contribution in [2.45, 2.75) is 26.9 Å². The Morgan fingerprint density at radius 3 is 2.52 bits per heavy atom. The minimum absolute atomic E-state index is 0. The summed E-state index contributed by atoms with van der Waals surface area (Å²) < 4.78 is 11.1. The molecule has 2 N–H and O–H groups in total. The molecule has 5 nitrogen and oxygen atoms in total. The van der Waals surface area contributed by atoms with Crippen LogP contribution < -0.4 is 15.4 Å². The number of nitrogens with zero attached hydrogens (tertiary/aromatic N) is 1. The highest BCUT2D eigenvalue weighted by Gasteiger charge is 2.04. The van der Waals surface area contributed by atoms with Crippen LogP contribution in [0.25, 0.3) is 0 Å². The van der Waals surface area contributed by atoms with E-state index in [0.29, 0.717) is 18.2 Å². The van der Waals surface area contributed by atoms with Crippen LogP contribution in [0, 0.1) is 0 Å². The van der Waals surface area contributed by atoms with Crippen molar-refractivity contribution in [1.29, 1.82) is 0 Å². The van der Waals surface area contributed by atoms with Crippen LogP contribution in [0.4, 0.5) is 0 Å². The molecule has 1 aromatic carbocycles. The molecule has 23 heavy (non-hydrogen) atoms. The van der Waals surface area contributed by atoms with Crippen LogP contribution in [0.5, 0.6) is 5.75 Å². The zero-order valence-electron chi connectivity index (χ0n) is 14.0. The number of nitrogens with one attached hydrogen (secondary N) is 2. The molecular weight excluding hydrogens is 429 g/mol. The fourth-order valence-corrected chi connectivity index (χ4v) is 1.86. The van der Waals surface area contributed by atoms with E-state index in [1.165, 1.54) is 0 Å². The van der Waals surface area contributed by atoms with Gasteiger partial charge in [0.25, 0.3) is 0 Å². The van der Waals surface area contributed by atoms with E-state index >= 15 is 0 Å². The Hall–Kier alpha value is -0.730. The number of hydrogen-bond acceptors (Lipinski definition) is 3. The van der Waals surface area contributed by atoms with Crippen molar-refractivity contribution in [1.82, 2.24) is 10.6 Å². The van der Waals surface area contributed by atoms with Crippen LogP contribution in [0.2, 0.25) is 5.02 Å². The zero-order valence-corrected chi connectivity index (χ0v) is 17.1. The van der Waals surface area contributed by atoms with Gasteiger partial charge in [-0.1, -0.05) is 11.6 Å². The van der Waals surface area contributed by atoms with Crippen LogP contribution >= 0.6 is 35.6 Å². The Morgan fingerprint density at radius 2 is 1.91 bits per heavy atom. The average molecular weight is 456 g/mol. The van der Waals surface area contributed by atoms with Crippen molar-refractivity contribution in [2.24, 2.45) is 4.99 Å². The maximum Gasteiger partial charge on any atom is 0.191 e. The van der Waals surface area contributed by atoms with Gasteiger partial charge in [-0.15, -0.1) is 24.0 Å². The molecule has 1 unspecified atom stereocenters. The number of rotatable bonds is 9. The molecule has 0 aromatic heterocycles. The first-order valence-electron chi connectivity index (χ1n) is 7.67. The smallest absolute Gasteiger partial charge is 0.191 e. The van der Waals surface area contributed by atoms with Gasteiger partial charge in [-0.3, -0.25) is 0 Å². The molecule has 0 aliphatic rings. The van der Waals surface area contributed by atoms with E-state index in [4.69, 9.17) is 21.1 Å². The number of benzene rings is 1. The number of guanidine groups is 1. The molecule has 0 fully saturated rings. The molecule has 0 bridgehead atoms. The monoisotopic (exact) mass is 455 g/mol. The second kappa shape index (κ2) is 13.7. The molecule has 0 spiro atoms. The van der Waals surface area contributed by atoms with E-state index in [9.17, 15) is 0 Å². The third-order valence-electron chi connectivity index (χ3n) is 2.74. The van der Waals surface area contributed by atoms with Gasteiger partial charge in [0.2, 0.25) is 0 Å². The molecule has 0 saturated carbocycles. The molecule has 0 aliphatic carbocycles. The highest BCUT2D eigenvalue weighted by molar-refractivity contribution is 14.0. The van der Waals surface area contributed by atoms with Crippen LogP contribution in [-0.4, -0.2) is 44.9 Å². The lowest BCUT2D eigenvalue weighted by Gasteiger charge is -2.15. The van der Waals surface area contributed by atoms with Crippen molar-refractivity contribution < 1.29 is 9.47 Å². The largest absolute Gasteiger partial charge is 0.489 e. The first kappa shape index (κ1) is 22.3. The van der Waals surface area contributed by atoms with Gasteiger partial charge >= 0.3 is 0 Å². The average Bonchev–Trinajstić information content (AvgIpc) is 2.51. The van der Waals surface area contributed by atoms with Crippen molar-refractivity contribution in [3.63, 3.8) is 0 Å². The number of hydrogen-bond donors (Lipinski definition) is 2. The van der Waals surface area contributed by atoms with Gasteiger partial charge in [0.15, 0.2) is 5.96 Å². The van der Waals surface area contributed by atoms with Crippen LogP contribution in [0.1, 0.15) is 20.8 Å². The van der Waals surface area contributed by atoms with Crippen LogP contribution in [0.3, 0.4) is 0 Å². The zero-order chi connectivity index (χ0) is 16.2. The predicted octanol–water partition coefficient (Wildman–Crippen LogP) is 3.32. The highest BCUT2D eigenvalue weighted by atomic mass is 127. The summed E-state index contributed by atoms with van der Waals surface area (Å²) in [7, 11) is 0. The molecule has 1 aromatic rings. The summed E-state index contributed by atoms with van der Waals surface area (Å²) in [5.74, 6) is 1.56. The third-order valence-corrected chi connectivity index (χ3v) is 3.00. The van der Waals surface area contributed by atoms with Crippen LogP contribution in [-0.2, 0) is 4.74 Å². The Bertz CT molecular complexity index is 443. The van der Waals surface area contributed by atoms with Gasteiger partial charge in [0.1, 0.15) is 11.9 Å². The first-order chi connectivity index (χ1) is 10.7. The minimum atomic E-state index is -0.0245. The van der Waals surface area contributed by atoms with E-state index in [1.54, 1.807) is 0 Å². The third kappa shape index (κ3) is 10.6. The van der Waals surface area contributed by atoms with Crippen LogP contribution in [0.15, 0.2) is 29.3 Å². The lowest BCUT2D eigenvalue weighted by Crippen LogP contribution is -2.39. The lowest BCUT2D eigenvalue weighted by molar-refractivity contribution is 0.152. The molecule has 1 rings (SSSR count). The van der Waals surface area contributed by atoms with Crippen molar-refractivity contribution in [3.05, 3.63) is 29.3 Å². The van der Waals surface area contributed by atoms with Gasteiger partial charge in [-0.05, 0) is 45.0 Å². The minimum Gasteiger partial charge on any atom is -0.489 e. The molecule has 132 valence electrons. The Morgan fingerprint density at radius 1 is 1.22 bits per heavy atom. The molecule has 0 heterocycles. The van der Waals surface area contributed by atoms with Gasteiger partial charge in [-0.25, -0.2) is 4.99 Å². The van der Waals surface area contributed by atoms with E-state index in [-0.39, 0.29) is 30.1 Å². The molecule has 0 amide bonds. The number of ether oxygens (including phenoxy) is 2. The maximum atomic E-state index is 5.85. The SMILES string of the molecule is CCNC(=NCC(C)Oc1ccc(Cl)cc1)NCCOCC.I. The fourth-order valence-electron chi connectivity index (χ4n) is 1.73. The fraction of sp³-hybridized carbons (Fsp3) is 0.562. The van der Waals surface area contributed by atoms with Crippen molar-refractivity contribution in [3.8, 4) is 5.75 Å². The maximum absolute atomic E-state index is 5.85. The summed E-state index contributed by atoms with van der Waals surface area (Å²) in [6.07, 6.45) is -0.0245. The molecular formula is C16H27ClIN3O2. The topological polar surface area (TPSA) is 54.9 Å². The number of aliphatic imine (C=N–C) groups is 1. The van der Waals surface area contributed by atoms with Crippen molar-refractivity contribution >= 4 is 41.5 Å². The lowest BCUT2D eigenvalue weighted by atomic mass is 10.3. The van der Waals surface area contributed by atoms with E-state index < -0.39 is 0 Å². The van der Waals surface area contributed by atoms with Gasteiger partial charge < -0.3 is 20.1 Å². The molecule has 0 aliphatic heterocycles. The molecule has 1 atom stereocenters. The molecule has 0 radical (unpaired) electrons. The summed E-state index contributed by atoms with van der Waals surface area (Å²) in [5.41, 5.74) is 0. The van der Waals surface area contributed by atoms with E-state index in [1.807, 2.05) is 45.0 Å². The standard InChI is InChI=1S/C16H26ClN3O2.HI/c1-4-18-16(19-10-11-21-5-2)20-12-13(3)22-15-8-6-14(17)7-9-15;/h6-9,13H,4-5,10-12H2,1-3H3,(H2,18,19,20);1H. The molecule has 7 heteroatoms.